The topological polar surface area (TPSA) is 80.8 Å². The molecule has 9 nitrogen and oxygen atoms in total. The first-order chi connectivity index (χ1) is 12.2. The highest BCUT2D eigenvalue weighted by Crippen LogP contribution is 2.15. The first-order valence-electron chi connectivity index (χ1n) is 8.35. The Kier molecular flexibility index (Phi) is 4.14. The number of nitrogens with zero attached hydrogens (tertiary/aromatic N) is 9. The van der Waals surface area contributed by atoms with Gasteiger partial charge in [-0.2, -0.15) is 5.10 Å². The third-order valence-corrected chi connectivity index (χ3v) is 4.46. The third-order valence-electron chi connectivity index (χ3n) is 4.46. The maximum absolute atomic E-state index is 4.37. The normalized spacial score (nSPS) is 15.7. The van der Waals surface area contributed by atoms with Gasteiger partial charge in [-0.1, -0.05) is 0 Å². The molecule has 0 amide bonds. The predicted octanol–water partition coefficient (Wildman–Crippen LogP) is 0.421. The summed E-state index contributed by atoms with van der Waals surface area (Å²) in [7, 11) is 1.98. The van der Waals surface area contributed by atoms with Crippen molar-refractivity contribution in [1.82, 2.24) is 39.6 Å². The van der Waals surface area contributed by atoms with E-state index in [1.54, 1.807) is 11.0 Å². The lowest BCUT2D eigenvalue weighted by Crippen LogP contribution is -2.46. The van der Waals surface area contributed by atoms with Crippen molar-refractivity contribution < 1.29 is 0 Å². The minimum atomic E-state index is 0.734. The maximum Gasteiger partial charge on any atom is 0.175 e. The van der Waals surface area contributed by atoms with E-state index >= 15 is 0 Å². The molecule has 3 aromatic rings. The van der Waals surface area contributed by atoms with Gasteiger partial charge in [-0.25, -0.2) is 4.68 Å². The van der Waals surface area contributed by atoms with Crippen molar-refractivity contribution in [3.63, 3.8) is 0 Å². The number of hydrogen-bond acceptors (Lipinski definition) is 7. The Bertz CT molecular complexity index is 827. The van der Waals surface area contributed by atoms with E-state index in [2.05, 4.69) is 35.3 Å². The molecule has 4 rings (SSSR count). The summed E-state index contributed by atoms with van der Waals surface area (Å²) in [5.41, 5.74) is 0.963. The zero-order chi connectivity index (χ0) is 17.2. The van der Waals surface area contributed by atoms with E-state index in [9.17, 15) is 0 Å². The van der Waals surface area contributed by atoms with E-state index in [1.165, 1.54) is 0 Å². The van der Waals surface area contributed by atoms with E-state index in [-0.39, 0.29) is 0 Å². The van der Waals surface area contributed by atoms with Crippen LogP contribution in [0.15, 0.2) is 30.7 Å². The lowest BCUT2D eigenvalue weighted by molar-refractivity contribution is 0.241. The van der Waals surface area contributed by atoms with Gasteiger partial charge in [0.05, 0.1) is 12.2 Å². The Hall–Kier alpha value is -2.81. The van der Waals surface area contributed by atoms with Crippen molar-refractivity contribution in [1.29, 1.82) is 0 Å². The van der Waals surface area contributed by atoms with Crippen LogP contribution in [0.2, 0.25) is 0 Å². The van der Waals surface area contributed by atoms with E-state index in [1.807, 2.05) is 42.9 Å². The highest BCUT2D eigenvalue weighted by molar-refractivity contribution is 5.40. The van der Waals surface area contributed by atoms with Crippen LogP contribution >= 0.6 is 0 Å². The SMILES string of the molecule is Cc1ccn(-c2ccc(N3CCN(Cc4nncn4C)CC3)nn2)n1. The monoisotopic (exact) mass is 339 g/mol. The maximum atomic E-state index is 4.37. The molecule has 0 unspecified atom stereocenters. The van der Waals surface area contributed by atoms with E-state index in [0.29, 0.717) is 0 Å². The molecule has 0 bridgehead atoms. The van der Waals surface area contributed by atoms with Gasteiger partial charge in [-0.05, 0) is 25.1 Å². The number of aromatic nitrogens is 7. The van der Waals surface area contributed by atoms with Gasteiger partial charge in [-0.15, -0.1) is 20.4 Å². The average Bonchev–Trinajstić information content (AvgIpc) is 3.25. The van der Waals surface area contributed by atoms with Crippen LogP contribution in [0, 0.1) is 6.92 Å². The van der Waals surface area contributed by atoms with Crippen molar-refractivity contribution in [3.8, 4) is 5.82 Å². The highest BCUT2D eigenvalue weighted by atomic mass is 15.4. The molecule has 0 aliphatic carbocycles. The van der Waals surface area contributed by atoms with Crippen LogP contribution < -0.4 is 4.90 Å². The van der Waals surface area contributed by atoms with Gasteiger partial charge in [0.25, 0.3) is 0 Å². The van der Waals surface area contributed by atoms with Crippen molar-refractivity contribution in [2.75, 3.05) is 31.1 Å². The molecular weight excluding hydrogens is 318 g/mol. The molecule has 1 aliphatic rings. The number of rotatable bonds is 4. The summed E-state index contributed by atoms with van der Waals surface area (Å²) in [6.45, 7) is 6.56. The summed E-state index contributed by atoms with van der Waals surface area (Å²) in [5, 5.41) is 21.1. The summed E-state index contributed by atoms with van der Waals surface area (Å²) in [5.74, 6) is 2.64. The summed E-state index contributed by atoms with van der Waals surface area (Å²) < 4.78 is 3.71. The van der Waals surface area contributed by atoms with Crippen LogP contribution in [0.25, 0.3) is 5.82 Å². The van der Waals surface area contributed by atoms with Crippen molar-refractivity contribution in [2.24, 2.45) is 7.05 Å². The molecule has 1 aliphatic heterocycles. The first kappa shape index (κ1) is 15.7. The summed E-state index contributed by atoms with van der Waals surface area (Å²) >= 11 is 0. The standard InChI is InChI=1S/C16H21N9/c1-13-5-6-25(21-13)15-4-3-14(19-20-15)24-9-7-23(8-10-24)11-16-18-17-12-22(16)2/h3-6,12H,7-11H2,1-2H3. The van der Waals surface area contributed by atoms with Gasteiger partial charge < -0.3 is 9.47 Å². The minimum absolute atomic E-state index is 0.734. The van der Waals surface area contributed by atoms with Gasteiger partial charge in [0.2, 0.25) is 0 Å². The summed E-state index contributed by atoms with van der Waals surface area (Å²) in [6, 6.07) is 5.92. The largest absolute Gasteiger partial charge is 0.353 e. The van der Waals surface area contributed by atoms with Crippen molar-refractivity contribution in [2.45, 2.75) is 13.5 Å². The predicted molar refractivity (Wildman–Crippen MR) is 92.4 cm³/mol. The van der Waals surface area contributed by atoms with E-state index < -0.39 is 0 Å². The molecular formula is C16H21N9. The fourth-order valence-corrected chi connectivity index (χ4v) is 2.94. The van der Waals surface area contributed by atoms with Crippen molar-refractivity contribution in [3.05, 3.63) is 42.2 Å². The Labute approximate surface area is 145 Å². The molecule has 1 saturated heterocycles. The number of piperazine rings is 1. The number of anilines is 1. The van der Waals surface area contributed by atoms with Crippen LogP contribution in [-0.2, 0) is 13.6 Å². The van der Waals surface area contributed by atoms with Crippen LogP contribution in [0.3, 0.4) is 0 Å². The summed E-state index contributed by atoms with van der Waals surface area (Å²) in [6.07, 6.45) is 3.63. The molecule has 130 valence electrons. The molecule has 0 radical (unpaired) electrons. The number of aryl methyl sites for hydroxylation is 2. The molecule has 3 aromatic heterocycles. The van der Waals surface area contributed by atoms with Crippen molar-refractivity contribution >= 4 is 5.82 Å². The molecule has 9 heteroatoms. The highest BCUT2D eigenvalue weighted by Gasteiger charge is 2.19. The molecule has 0 atom stereocenters. The lowest BCUT2D eigenvalue weighted by atomic mass is 10.3. The summed E-state index contributed by atoms with van der Waals surface area (Å²) in [4.78, 5) is 4.65. The molecule has 0 spiro atoms. The zero-order valence-electron chi connectivity index (χ0n) is 14.4. The second-order valence-electron chi connectivity index (χ2n) is 6.27. The molecule has 4 heterocycles. The number of hydrogen-bond donors (Lipinski definition) is 0. The second kappa shape index (κ2) is 6.60. The minimum Gasteiger partial charge on any atom is -0.353 e. The molecule has 0 saturated carbocycles. The Morgan fingerprint density at radius 2 is 1.72 bits per heavy atom. The van der Waals surface area contributed by atoms with E-state index in [4.69, 9.17) is 0 Å². The molecule has 1 fully saturated rings. The van der Waals surface area contributed by atoms with Crippen LogP contribution in [0.4, 0.5) is 5.82 Å². The van der Waals surface area contributed by atoms with Gasteiger partial charge in [0, 0.05) is 39.4 Å². The fraction of sp³-hybridized carbons (Fsp3) is 0.438. The molecule has 0 aromatic carbocycles. The van der Waals surface area contributed by atoms with Gasteiger partial charge in [0.1, 0.15) is 12.2 Å². The Balaban J connectivity index is 1.37. The molecule has 25 heavy (non-hydrogen) atoms. The van der Waals surface area contributed by atoms with Gasteiger partial charge in [0.15, 0.2) is 11.6 Å². The van der Waals surface area contributed by atoms with Crippen LogP contribution in [0.5, 0.6) is 0 Å². The van der Waals surface area contributed by atoms with E-state index in [0.717, 1.165) is 55.9 Å². The lowest BCUT2D eigenvalue weighted by Gasteiger charge is -2.34. The smallest absolute Gasteiger partial charge is 0.175 e. The second-order valence-corrected chi connectivity index (χ2v) is 6.27. The molecule has 0 N–H and O–H groups in total. The zero-order valence-corrected chi connectivity index (χ0v) is 14.4. The van der Waals surface area contributed by atoms with Crippen LogP contribution in [-0.4, -0.2) is 65.8 Å². The quantitative estimate of drug-likeness (QED) is 0.681. The van der Waals surface area contributed by atoms with Gasteiger partial charge in [-0.3, -0.25) is 4.90 Å². The Morgan fingerprint density at radius 3 is 2.32 bits per heavy atom. The van der Waals surface area contributed by atoms with Crippen LogP contribution in [0.1, 0.15) is 11.5 Å². The first-order valence-corrected chi connectivity index (χ1v) is 8.35. The third kappa shape index (κ3) is 3.36. The average molecular weight is 339 g/mol. The fourth-order valence-electron chi connectivity index (χ4n) is 2.94. The van der Waals surface area contributed by atoms with Gasteiger partial charge >= 0.3 is 0 Å². The Morgan fingerprint density at radius 1 is 0.960 bits per heavy atom.